The number of nitriles is 1. The number of nitrogens with one attached hydrogen (secondary N) is 2. The summed E-state index contributed by atoms with van der Waals surface area (Å²) in [5, 5.41) is 14.6. The van der Waals surface area contributed by atoms with Crippen LogP contribution in [-0.4, -0.2) is 23.5 Å². The van der Waals surface area contributed by atoms with Gasteiger partial charge in [0.05, 0.1) is 5.56 Å². The van der Waals surface area contributed by atoms with E-state index in [4.69, 9.17) is 5.26 Å². The smallest absolute Gasteiger partial charge is 0.242 e. The van der Waals surface area contributed by atoms with Crippen molar-refractivity contribution in [3.8, 4) is 6.07 Å². The fourth-order valence-electron chi connectivity index (χ4n) is 1.35. The van der Waals surface area contributed by atoms with E-state index in [2.05, 4.69) is 15.6 Å². The number of amides is 1. The van der Waals surface area contributed by atoms with Gasteiger partial charge < -0.3 is 10.6 Å². The molecule has 2 N–H and O–H groups in total. The van der Waals surface area contributed by atoms with E-state index in [0.29, 0.717) is 17.9 Å². The van der Waals surface area contributed by atoms with E-state index in [1.165, 1.54) is 0 Å². The molecular formula is C12H16N4O. The Balaban J connectivity index is 2.84. The summed E-state index contributed by atoms with van der Waals surface area (Å²) < 4.78 is 0. The van der Waals surface area contributed by atoms with Crippen LogP contribution in [0.15, 0.2) is 12.1 Å². The van der Waals surface area contributed by atoms with Crippen molar-refractivity contribution in [1.29, 1.82) is 5.26 Å². The third-order valence-electron chi connectivity index (χ3n) is 2.25. The van der Waals surface area contributed by atoms with E-state index in [-0.39, 0.29) is 5.91 Å². The van der Waals surface area contributed by atoms with Crippen LogP contribution >= 0.6 is 0 Å². The normalized spacial score (nSPS) is 11.4. The third-order valence-corrected chi connectivity index (χ3v) is 2.25. The Morgan fingerprint density at radius 3 is 2.88 bits per heavy atom. The maximum atomic E-state index is 11.5. The van der Waals surface area contributed by atoms with Gasteiger partial charge in [-0.3, -0.25) is 4.79 Å². The van der Waals surface area contributed by atoms with Crippen molar-refractivity contribution < 1.29 is 4.79 Å². The molecule has 1 unspecified atom stereocenters. The van der Waals surface area contributed by atoms with E-state index >= 15 is 0 Å². The molecule has 0 radical (unpaired) electrons. The van der Waals surface area contributed by atoms with Gasteiger partial charge in [-0.2, -0.15) is 5.26 Å². The number of likely N-dealkylation sites (N-methyl/N-ethyl adjacent to an activating group) is 1. The van der Waals surface area contributed by atoms with Crippen molar-refractivity contribution in [2.24, 2.45) is 0 Å². The minimum atomic E-state index is -0.420. The van der Waals surface area contributed by atoms with Gasteiger partial charge in [0.1, 0.15) is 17.9 Å². The molecule has 0 aliphatic carbocycles. The SMILES string of the molecule is CCNC(=O)C(C)Nc1nc(C)ccc1C#N. The van der Waals surface area contributed by atoms with Crippen LogP contribution < -0.4 is 10.6 Å². The standard InChI is InChI=1S/C12H16N4O/c1-4-14-12(17)9(3)16-11-10(7-13)6-5-8(2)15-11/h5-6,9H,4H2,1-3H3,(H,14,17)(H,15,16). The van der Waals surface area contributed by atoms with Crippen molar-refractivity contribution in [1.82, 2.24) is 10.3 Å². The zero-order valence-corrected chi connectivity index (χ0v) is 10.2. The maximum absolute atomic E-state index is 11.5. The number of pyridine rings is 1. The molecule has 1 heterocycles. The number of aryl methyl sites for hydroxylation is 1. The van der Waals surface area contributed by atoms with Gasteiger partial charge in [-0.05, 0) is 32.9 Å². The zero-order valence-electron chi connectivity index (χ0n) is 10.2. The van der Waals surface area contributed by atoms with E-state index in [0.717, 1.165) is 5.69 Å². The quantitative estimate of drug-likeness (QED) is 0.817. The molecule has 0 spiro atoms. The molecule has 1 amide bonds. The van der Waals surface area contributed by atoms with E-state index in [1.54, 1.807) is 19.1 Å². The lowest BCUT2D eigenvalue weighted by Crippen LogP contribution is -2.37. The Morgan fingerprint density at radius 1 is 1.59 bits per heavy atom. The molecule has 0 bridgehead atoms. The van der Waals surface area contributed by atoms with Crippen LogP contribution in [0.5, 0.6) is 0 Å². The van der Waals surface area contributed by atoms with Gasteiger partial charge in [-0.1, -0.05) is 0 Å². The number of hydrogen-bond donors (Lipinski definition) is 2. The molecule has 5 nitrogen and oxygen atoms in total. The summed E-state index contributed by atoms with van der Waals surface area (Å²) in [4.78, 5) is 15.8. The summed E-state index contributed by atoms with van der Waals surface area (Å²) in [6.07, 6.45) is 0. The number of aromatic nitrogens is 1. The van der Waals surface area contributed by atoms with Crippen LogP contribution in [0.3, 0.4) is 0 Å². The van der Waals surface area contributed by atoms with Crippen LogP contribution in [0.2, 0.25) is 0 Å². The number of hydrogen-bond acceptors (Lipinski definition) is 4. The number of carbonyl (C=O) groups excluding carboxylic acids is 1. The molecule has 0 saturated carbocycles. The monoisotopic (exact) mass is 232 g/mol. The highest BCUT2D eigenvalue weighted by atomic mass is 16.2. The highest BCUT2D eigenvalue weighted by molar-refractivity contribution is 5.84. The number of nitrogens with zero attached hydrogens (tertiary/aromatic N) is 2. The molecule has 0 saturated heterocycles. The Kier molecular flexibility index (Phi) is 4.46. The summed E-state index contributed by atoms with van der Waals surface area (Å²) >= 11 is 0. The average molecular weight is 232 g/mol. The Bertz CT molecular complexity index is 450. The number of rotatable bonds is 4. The van der Waals surface area contributed by atoms with E-state index in [9.17, 15) is 4.79 Å². The Hall–Kier alpha value is -2.09. The summed E-state index contributed by atoms with van der Waals surface area (Å²) in [6, 6.07) is 5.08. The summed E-state index contributed by atoms with van der Waals surface area (Å²) in [5.74, 6) is 0.339. The average Bonchev–Trinajstić information content (AvgIpc) is 2.29. The molecule has 1 atom stereocenters. The van der Waals surface area contributed by atoms with Gasteiger partial charge in [0.25, 0.3) is 0 Å². The molecule has 90 valence electrons. The second-order valence-electron chi connectivity index (χ2n) is 3.72. The summed E-state index contributed by atoms with van der Waals surface area (Å²) in [7, 11) is 0. The molecule has 0 aliphatic heterocycles. The summed E-state index contributed by atoms with van der Waals surface area (Å²) in [6.45, 7) is 6.01. The van der Waals surface area contributed by atoms with Crippen molar-refractivity contribution in [2.75, 3.05) is 11.9 Å². The van der Waals surface area contributed by atoms with Crippen molar-refractivity contribution in [2.45, 2.75) is 26.8 Å². The first-order valence-corrected chi connectivity index (χ1v) is 5.50. The van der Waals surface area contributed by atoms with Crippen LogP contribution in [0.25, 0.3) is 0 Å². The number of carbonyl (C=O) groups is 1. The lowest BCUT2D eigenvalue weighted by atomic mass is 10.2. The predicted molar refractivity (Wildman–Crippen MR) is 65.5 cm³/mol. The summed E-state index contributed by atoms with van der Waals surface area (Å²) in [5.41, 5.74) is 1.24. The Morgan fingerprint density at radius 2 is 2.29 bits per heavy atom. The number of anilines is 1. The second-order valence-corrected chi connectivity index (χ2v) is 3.72. The fourth-order valence-corrected chi connectivity index (χ4v) is 1.35. The van der Waals surface area contributed by atoms with Crippen molar-refractivity contribution >= 4 is 11.7 Å². The van der Waals surface area contributed by atoms with Crippen LogP contribution in [0, 0.1) is 18.3 Å². The van der Waals surface area contributed by atoms with E-state index in [1.807, 2.05) is 19.9 Å². The lowest BCUT2D eigenvalue weighted by Gasteiger charge is -2.15. The molecule has 0 aliphatic rings. The van der Waals surface area contributed by atoms with Crippen LogP contribution in [0.1, 0.15) is 25.1 Å². The first-order valence-electron chi connectivity index (χ1n) is 5.50. The van der Waals surface area contributed by atoms with Crippen LogP contribution in [0.4, 0.5) is 5.82 Å². The topological polar surface area (TPSA) is 77.8 Å². The van der Waals surface area contributed by atoms with Gasteiger partial charge in [-0.25, -0.2) is 4.98 Å². The van der Waals surface area contributed by atoms with E-state index < -0.39 is 6.04 Å². The Labute approximate surface area is 101 Å². The maximum Gasteiger partial charge on any atom is 0.242 e. The first-order chi connectivity index (χ1) is 8.08. The van der Waals surface area contributed by atoms with Gasteiger partial charge in [-0.15, -0.1) is 0 Å². The molecule has 0 fully saturated rings. The zero-order chi connectivity index (χ0) is 12.8. The highest BCUT2D eigenvalue weighted by Gasteiger charge is 2.14. The van der Waals surface area contributed by atoms with Crippen LogP contribution in [-0.2, 0) is 4.79 Å². The molecule has 1 aromatic rings. The van der Waals surface area contributed by atoms with Crippen molar-refractivity contribution in [3.05, 3.63) is 23.4 Å². The fraction of sp³-hybridized carbons (Fsp3) is 0.417. The highest BCUT2D eigenvalue weighted by Crippen LogP contribution is 2.13. The lowest BCUT2D eigenvalue weighted by molar-refractivity contribution is -0.121. The minimum absolute atomic E-state index is 0.111. The second kappa shape index (κ2) is 5.85. The largest absolute Gasteiger partial charge is 0.358 e. The first kappa shape index (κ1) is 13.0. The molecule has 5 heteroatoms. The van der Waals surface area contributed by atoms with Crippen molar-refractivity contribution in [3.63, 3.8) is 0 Å². The molecule has 0 aromatic carbocycles. The third kappa shape index (κ3) is 3.45. The molecular weight excluding hydrogens is 216 g/mol. The molecule has 17 heavy (non-hydrogen) atoms. The molecule has 1 rings (SSSR count). The van der Waals surface area contributed by atoms with Gasteiger partial charge >= 0.3 is 0 Å². The van der Waals surface area contributed by atoms with Gasteiger partial charge in [0.2, 0.25) is 5.91 Å². The van der Waals surface area contributed by atoms with Gasteiger partial charge in [0.15, 0.2) is 0 Å². The minimum Gasteiger partial charge on any atom is -0.358 e. The predicted octanol–water partition coefficient (Wildman–Crippen LogP) is 1.20. The molecule has 1 aromatic heterocycles. The van der Waals surface area contributed by atoms with Gasteiger partial charge in [0, 0.05) is 12.2 Å².